The zero-order valence-electron chi connectivity index (χ0n) is 7.81. The zero-order valence-corrected chi connectivity index (χ0v) is 10.1. The van der Waals surface area contributed by atoms with Gasteiger partial charge in [-0.15, -0.1) is 0 Å². The van der Waals surface area contributed by atoms with Gasteiger partial charge in [-0.3, -0.25) is 0 Å². The van der Waals surface area contributed by atoms with Crippen molar-refractivity contribution in [2.24, 2.45) is 0 Å². The lowest BCUT2D eigenvalue weighted by Gasteiger charge is -1.87. The highest BCUT2D eigenvalue weighted by Gasteiger charge is 1.88. The first-order valence-electron chi connectivity index (χ1n) is 3.94. The van der Waals surface area contributed by atoms with Crippen molar-refractivity contribution in [2.45, 2.75) is 0 Å². The van der Waals surface area contributed by atoms with Gasteiger partial charge in [0.15, 0.2) is 0 Å². The number of nitrogen functional groups attached to an aromatic ring is 1. The van der Waals surface area contributed by atoms with Crippen molar-refractivity contribution in [3.63, 3.8) is 0 Å². The van der Waals surface area contributed by atoms with E-state index in [1.165, 1.54) is 24.8 Å². The maximum atomic E-state index is 5.41. The summed E-state index contributed by atoms with van der Waals surface area (Å²) in [6, 6.07) is 2.96. The van der Waals surface area contributed by atoms with Crippen LogP contribution in [0.25, 0.3) is 0 Å². The van der Waals surface area contributed by atoms with Crippen molar-refractivity contribution in [1.82, 2.24) is 19.9 Å². The van der Waals surface area contributed by atoms with E-state index in [-0.39, 0.29) is 0 Å². The molecule has 84 valence electrons. The highest BCUT2D eigenvalue weighted by Crippen LogP contribution is 2.07. The second-order valence-electron chi connectivity index (χ2n) is 2.43. The normalized spacial score (nSPS) is 9.19. The molecule has 0 unspecified atom stereocenters. The number of anilines is 1. The standard InChI is InChI=1S/C4H2Cl2N2.C4H4ClN3/c2*5-3-1-4(6)8-2-7-3/h1-2H;1-2H,(H2,6,7,8). The van der Waals surface area contributed by atoms with Gasteiger partial charge in [-0.2, -0.15) is 0 Å². The van der Waals surface area contributed by atoms with Crippen molar-refractivity contribution in [1.29, 1.82) is 0 Å². The van der Waals surface area contributed by atoms with Gasteiger partial charge in [0.2, 0.25) is 0 Å². The first-order valence-corrected chi connectivity index (χ1v) is 5.07. The maximum Gasteiger partial charge on any atom is 0.134 e. The van der Waals surface area contributed by atoms with Crippen molar-refractivity contribution in [3.8, 4) is 0 Å². The molecule has 2 aromatic rings. The third-order valence-corrected chi connectivity index (χ3v) is 1.88. The molecule has 0 atom stereocenters. The summed E-state index contributed by atoms with van der Waals surface area (Å²) < 4.78 is 0. The lowest BCUT2D eigenvalue weighted by atomic mass is 10.6. The predicted molar refractivity (Wildman–Crippen MR) is 63.5 cm³/mol. The van der Waals surface area contributed by atoms with Gasteiger partial charge in [-0.05, 0) is 0 Å². The summed E-state index contributed by atoms with van der Waals surface area (Å²) in [6.45, 7) is 0. The van der Waals surface area contributed by atoms with Crippen LogP contribution >= 0.6 is 34.8 Å². The van der Waals surface area contributed by atoms with E-state index in [2.05, 4.69) is 19.9 Å². The first-order chi connectivity index (χ1) is 7.58. The smallest absolute Gasteiger partial charge is 0.134 e. The first kappa shape index (κ1) is 12.9. The molecule has 2 heterocycles. The van der Waals surface area contributed by atoms with Crippen LogP contribution < -0.4 is 5.73 Å². The third-order valence-electron chi connectivity index (χ3n) is 1.26. The molecule has 2 N–H and O–H groups in total. The fourth-order valence-electron chi connectivity index (χ4n) is 0.659. The van der Waals surface area contributed by atoms with Gasteiger partial charge < -0.3 is 5.73 Å². The van der Waals surface area contributed by atoms with Gasteiger partial charge >= 0.3 is 0 Å². The van der Waals surface area contributed by atoms with E-state index < -0.39 is 0 Å². The summed E-state index contributed by atoms with van der Waals surface area (Å²) in [5, 5.41) is 1.10. The van der Waals surface area contributed by atoms with E-state index in [0.717, 1.165) is 0 Å². The minimum atomic E-state index is 0.366. The van der Waals surface area contributed by atoms with E-state index in [1.54, 1.807) is 0 Å². The second-order valence-corrected chi connectivity index (χ2v) is 3.59. The van der Waals surface area contributed by atoms with Gasteiger partial charge in [0, 0.05) is 12.1 Å². The molecule has 0 fully saturated rings. The van der Waals surface area contributed by atoms with Crippen LogP contribution in [0.4, 0.5) is 5.82 Å². The lowest BCUT2D eigenvalue weighted by Crippen LogP contribution is -1.88. The molecular formula is C8H6Cl3N5. The number of halogens is 3. The minimum Gasteiger partial charge on any atom is -0.384 e. The van der Waals surface area contributed by atoms with E-state index >= 15 is 0 Å². The van der Waals surface area contributed by atoms with E-state index in [1.807, 2.05) is 0 Å². The zero-order chi connectivity index (χ0) is 12.0. The monoisotopic (exact) mass is 277 g/mol. The van der Waals surface area contributed by atoms with Crippen LogP contribution in [-0.4, -0.2) is 19.9 Å². The number of hydrogen-bond donors (Lipinski definition) is 1. The summed E-state index contributed by atoms with van der Waals surface area (Å²) in [6.07, 6.45) is 2.63. The number of rotatable bonds is 0. The van der Waals surface area contributed by atoms with E-state index in [9.17, 15) is 0 Å². The molecule has 0 saturated carbocycles. The molecule has 0 aliphatic heterocycles. The highest BCUT2D eigenvalue weighted by molar-refractivity contribution is 6.33. The number of nitrogens with zero attached hydrogens (tertiary/aromatic N) is 4. The molecule has 16 heavy (non-hydrogen) atoms. The Morgan fingerprint density at radius 2 is 1.19 bits per heavy atom. The van der Waals surface area contributed by atoms with Gasteiger partial charge in [0.25, 0.3) is 0 Å². The fraction of sp³-hybridized carbons (Fsp3) is 0. The Balaban J connectivity index is 0.000000160. The molecule has 0 spiro atoms. The molecule has 0 aromatic carbocycles. The van der Waals surface area contributed by atoms with Crippen molar-refractivity contribution in [2.75, 3.05) is 5.73 Å². The Labute approximate surface area is 107 Å². The minimum absolute atomic E-state index is 0.366. The Bertz CT molecular complexity index is 387. The molecular weight excluding hydrogens is 272 g/mol. The molecule has 8 heteroatoms. The van der Waals surface area contributed by atoms with Crippen LogP contribution in [0.2, 0.25) is 15.5 Å². The van der Waals surface area contributed by atoms with Crippen LogP contribution in [0.5, 0.6) is 0 Å². The summed E-state index contributed by atoms with van der Waals surface area (Å²) in [5.74, 6) is 0.394. The fourth-order valence-corrected chi connectivity index (χ4v) is 1.16. The van der Waals surface area contributed by atoms with Gasteiger partial charge in [-0.1, -0.05) is 34.8 Å². The molecule has 2 aromatic heterocycles. The number of nitrogens with two attached hydrogens (primary N) is 1. The van der Waals surface area contributed by atoms with Crippen molar-refractivity contribution in [3.05, 3.63) is 40.2 Å². The topological polar surface area (TPSA) is 77.6 Å². The molecule has 0 amide bonds. The summed E-state index contributed by atoms with van der Waals surface area (Å²) in [7, 11) is 0. The highest BCUT2D eigenvalue weighted by atomic mass is 35.5. The van der Waals surface area contributed by atoms with Crippen LogP contribution in [0, 0.1) is 0 Å². The molecule has 0 aliphatic rings. The van der Waals surface area contributed by atoms with Crippen molar-refractivity contribution < 1.29 is 0 Å². The second kappa shape index (κ2) is 6.42. The van der Waals surface area contributed by atoms with E-state index in [4.69, 9.17) is 40.5 Å². The molecule has 0 aliphatic carbocycles. The van der Waals surface area contributed by atoms with Gasteiger partial charge in [0.1, 0.15) is 33.9 Å². The Morgan fingerprint density at radius 3 is 1.44 bits per heavy atom. The maximum absolute atomic E-state index is 5.41. The Kier molecular flexibility index (Phi) is 5.18. The SMILES string of the molecule is Clc1cc(Cl)ncn1.Nc1cc(Cl)ncn1. The Morgan fingerprint density at radius 1 is 0.750 bits per heavy atom. The quantitative estimate of drug-likeness (QED) is 0.749. The molecule has 0 saturated heterocycles. The van der Waals surface area contributed by atoms with Crippen LogP contribution in [0.3, 0.4) is 0 Å². The van der Waals surface area contributed by atoms with Gasteiger partial charge in [-0.25, -0.2) is 19.9 Å². The van der Waals surface area contributed by atoms with Crippen LogP contribution in [0.1, 0.15) is 0 Å². The van der Waals surface area contributed by atoms with Gasteiger partial charge in [0.05, 0.1) is 0 Å². The summed E-state index contributed by atoms with van der Waals surface area (Å²) >= 11 is 16.2. The molecule has 2 rings (SSSR count). The molecule has 5 nitrogen and oxygen atoms in total. The third kappa shape index (κ3) is 5.06. The largest absolute Gasteiger partial charge is 0.384 e. The molecule has 0 radical (unpaired) electrons. The number of hydrogen-bond acceptors (Lipinski definition) is 5. The average molecular weight is 279 g/mol. The Hall–Kier alpha value is -1.17. The van der Waals surface area contributed by atoms with Crippen LogP contribution in [0.15, 0.2) is 24.8 Å². The lowest BCUT2D eigenvalue weighted by molar-refractivity contribution is 1.17. The summed E-state index contributed by atoms with van der Waals surface area (Å²) in [4.78, 5) is 14.5. The molecule has 0 bridgehead atoms. The summed E-state index contributed by atoms with van der Waals surface area (Å²) in [5.41, 5.74) is 5.22. The van der Waals surface area contributed by atoms with Crippen molar-refractivity contribution >= 4 is 40.6 Å². The average Bonchev–Trinajstić information content (AvgIpc) is 2.17. The van der Waals surface area contributed by atoms with E-state index in [0.29, 0.717) is 21.3 Å². The van der Waals surface area contributed by atoms with Crippen LogP contribution in [-0.2, 0) is 0 Å². The number of aromatic nitrogens is 4. The predicted octanol–water partition coefficient (Wildman–Crippen LogP) is 2.50.